The van der Waals surface area contributed by atoms with Crippen LogP contribution in [0.4, 0.5) is 10.1 Å². The summed E-state index contributed by atoms with van der Waals surface area (Å²) in [5.74, 6) is -2.56. The third kappa shape index (κ3) is 7.07. The van der Waals surface area contributed by atoms with Gasteiger partial charge >= 0.3 is 5.97 Å². The zero-order valence-corrected chi connectivity index (χ0v) is 26.2. The number of carbonyl (C=O) groups is 2. The van der Waals surface area contributed by atoms with Crippen molar-refractivity contribution >= 4 is 17.6 Å². The Bertz CT molecular complexity index is 1500. The fraction of sp³-hybridized carbons (Fsp3) is 0.429. The number of benzene rings is 3. The van der Waals surface area contributed by atoms with Gasteiger partial charge in [0, 0.05) is 44.3 Å². The summed E-state index contributed by atoms with van der Waals surface area (Å²) in [6.45, 7) is 7.29. The molecule has 2 aliphatic heterocycles. The van der Waals surface area contributed by atoms with Crippen molar-refractivity contribution in [2.75, 3.05) is 45.5 Å². The molecule has 0 saturated carbocycles. The third-order valence-electron chi connectivity index (χ3n) is 8.56. The van der Waals surface area contributed by atoms with Crippen LogP contribution in [-0.4, -0.2) is 62.1 Å². The Morgan fingerprint density at radius 2 is 1.73 bits per heavy atom. The van der Waals surface area contributed by atoms with Crippen LogP contribution in [0.2, 0.25) is 0 Å². The topological polar surface area (TPSA) is 107 Å². The van der Waals surface area contributed by atoms with E-state index in [9.17, 15) is 14.7 Å². The van der Waals surface area contributed by atoms with Crippen molar-refractivity contribution in [1.29, 1.82) is 0 Å². The Morgan fingerprint density at radius 1 is 1.02 bits per heavy atom. The molecule has 3 atom stereocenters. The van der Waals surface area contributed by atoms with Gasteiger partial charge in [0.25, 0.3) is 0 Å². The Labute approximate surface area is 263 Å². The minimum Gasteiger partial charge on any atom is -0.494 e. The number of nitrogens with one attached hydrogen (secondary N) is 1. The van der Waals surface area contributed by atoms with Gasteiger partial charge in [-0.05, 0) is 66.3 Å². The van der Waals surface area contributed by atoms with Crippen LogP contribution in [0.5, 0.6) is 17.2 Å². The number of aliphatic carboxylic acids is 1. The quantitative estimate of drug-likeness (QED) is 0.228. The molecule has 10 heteroatoms. The van der Waals surface area contributed by atoms with Gasteiger partial charge in [-0.15, -0.1) is 0 Å². The lowest BCUT2D eigenvalue weighted by atomic mass is 9.82. The number of carboxylic acids is 1. The largest absolute Gasteiger partial charge is 0.494 e. The molecule has 9 nitrogen and oxygen atoms in total. The lowest BCUT2D eigenvalue weighted by Gasteiger charge is -2.27. The zero-order valence-electron chi connectivity index (χ0n) is 26.2. The molecule has 2 heterocycles. The van der Waals surface area contributed by atoms with E-state index in [2.05, 4.69) is 31.3 Å². The van der Waals surface area contributed by atoms with Crippen molar-refractivity contribution in [1.82, 2.24) is 4.90 Å². The average Bonchev–Trinajstić information content (AvgIpc) is 3.66. The fourth-order valence-corrected chi connectivity index (χ4v) is 6.51. The molecule has 3 aromatic carbocycles. The maximum atomic E-state index is 15.0. The summed E-state index contributed by atoms with van der Waals surface area (Å²) in [7, 11) is 1.64. The molecule has 0 aromatic heterocycles. The monoisotopic (exact) mass is 620 g/mol. The number of aryl methyl sites for hydroxylation is 3. The van der Waals surface area contributed by atoms with E-state index >= 15 is 4.39 Å². The normalized spacial score (nSPS) is 19.1. The summed E-state index contributed by atoms with van der Waals surface area (Å²) in [6.07, 6.45) is 2.25. The second-order valence-electron chi connectivity index (χ2n) is 11.6. The van der Waals surface area contributed by atoms with E-state index in [1.165, 1.54) is 6.07 Å². The van der Waals surface area contributed by atoms with Gasteiger partial charge in [-0.2, -0.15) is 0 Å². The van der Waals surface area contributed by atoms with Crippen LogP contribution >= 0.6 is 0 Å². The Balaban J connectivity index is 1.47. The van der Waals surface area contributed by atoms with Gasteiger partial charge in [-0.3, -0.25) is 14.5 Å². The van der Waals surface area contributed by atoms with Gasteiger partial charge in [0.1, 0.15) is 5.75 Å². The highest BCUT2D eigenvalue weighted by molar-refractivity contribution is 5.94. The third-order valence-corrected chi connectivity index (χ3v) is 8.56. The standard InChI is InChI=1S/C35H41FN2O7/c1-5-22-14-21(3)15-23(6-2)32(22)37-30(39)19-38-18-27(25-16-28(36)34-29(17-25)44-20-45-34)31(35(40)41)33(38)24-8-10-26(11-9-24)43-13-7-12-42-4/h8-11,14-17,27,31,33H,5-7,12-13,18-20H2,1-4H3,(H,37,39)(H,40,41)/t27-,31-,33+/m1/s1. The number of amides is 1. The highest BCUT2D eigenvalue weighted by Crippen LogP contribution is 2.48. The molecule has 2 N–H and O–H groups in total. The first-order valence-electron chi connectivity index (χ1n) is 15.4. The molecule has 45 heavy (non-hydrogen) atoms. The number of rotatable bonds is 13. The predicted molar refractivity (Wildman–Crippen MR) is 168 cm³/mol. The van der Waals surface area contributed by atoms with Crippen molar-refractivity contribution in [2.45, 2.75) is 52.0 Å². The number of nitrogens with zero attached hydrogens (tertiary/aromatic N) is 1. The number of methoxy groups -OCH3 is 1. The first-order chi connectivity index (χ1) is 21.7. The predicted octanol–water partition coefficient (Wildman–Crippen LogP) is 5.88. The second kappa shape index (κ2) is 14.3. The van der Waals surface area contributed by atoms with Crippen LogP contribution in [0, 0.1) is 18.7 Å². The SMILES string of the molecule is CCc1cc(C)cc(CC)c1NC(=O)CN1C[C@H](c2cc(F)c3c(c2)OCO3)[C@@H](C(=O)O)[C@@H]1c1ccc(OCCCOC)cc1. The van der Waals surface area contributed by atoms with E-state index < -0.39 is 29.7 Å². The van der Waals surface area contributed by atoms with Crippen molar-refractivity contribution in [2.24, 2.45) is 5.92 Å². The molecule has 240 valence electrons. The summed E-state index contributed by atoms with van der Waals surface area (Å²) >= 11 is 0. The molecule has 2 aliphatic rings. The van der Waals surface area contributed by atoms with Crippen molar-refractivity contribution in [3.63, 3.8) is 0 Å². The van der Waals surface area contributed by atoms with Crippen LogP contribution in [-0.2, 0) is 27.2 Å². The van der Waals surface area contributed by atoms with Gasteiger partial charge in [0.05, 0.1) is 19.1 Å². The molecule has 1 amide bonds. The minimum atomic E-state index is -1.04. The first kappa shape index (κ1) is 32.2. The van der Waals surface area contributed by atoms with Crippen LogP contribution in [0.1, 0.15) is 60.0 Å². The summed E-state index contributed by atoms with van der Waals surface area (Å²) < 4.78 is 36.6. The van der Waals surface area contributed by atoms with Gasteiger partial charge in [-0.25, -0.2) is 4.39 Å². The molecule has 1 fully saturated rings. The highest BCUT2D eigenvalue weighted by Gasteiger charge is 2.48. The van der Waals surface area contributed by atoms with E-state index in [1.807, 2.05) is 24.0 Å². The van der Waals surface area contributed by atoms with Crippen LogP contribution < -0.4 is 19.5 Å². The van der Waals surface area contributed by atoms with E-state index in [0.29, 0.717) is 24.5 Å². The molecular formula is C35H41FN2O7. The number of hydrogen-bond donors (Lipinski definition) is 2. The molecule has 1 saturated heterocycles. The van der Waals surface area contributed by atoms with Gasteiger partial charge in [0.15, 0.2) is 11.6 Å². The number of likely N-dealkylation sites (tertiary alicyclic amines) is 1. The number of anilines is 1. The molecule has 0 bridgehead atoms. The Morgan fingerprint density at radius 3 is 2.38 bits per heavy atom. The maximum Gasteiger partial charge on any atom is 0.309 e. The molecule has 0 aliphatic carbocycles. The Hall–Kier alpha value is -4.15. The smallest absolute Gasteiger partial charge is 0.309 e. The number of carbonyl (C=O) groups excluding carboxylic acids is 1. The number of hydrogen-bond acceptors (Lipinski definition) is 7. The molecule has 0 spiro atoms. The van der Waals surface area contributed by atoms with E-state index in [0.717, 1.165) is 47.2 Å². The molecule has 0 radical (unpaired) electrons. The molecule has 3 aromatic rings. The lowest BCUT2D eigenvalue weighted by molar-refractivity contribution is -0.143. The van der Waals surface area contributed by atoms with E-state index in [-0.39, 0.29) is 37.3 Å². The molecular weight excluding hydrogens is 579 g/mol. The van der Waals surface area contributed by atoms with Gasteiger partial charge < -0.3 is 29.4 Å². The Kier molecular flexibility index (Phi) is 10.2. The van der Waals surface area contributed by atoms with E-state index in [1.54, 1.807) is 25.3 Å². The second-order valence-corrected chi connectivity index (χ2v) is 11.6. The van der Waals surface area contributed by atoms with Crippen molar-refractivity contribution < 1.29 is 38.0 Å². The van der Waals surface area contributed by atoms with Crippen LogP contribution in [0.15, 0.2) is 48.5 Å². The van der Waals surface area contributed by atoms with Crippen molar-refractivity contribution in [3.05, 3.63) is 82.2 Å². The van der Waals surface area contributed by atoms with Crippen LogP contribution in [0.25, 0.3) is 0 Å². The number of carboxylic acid groups (broad SMARTS) is 1. The highest BCUT2D eigenvalue weighted by atomic mass is 19.1. The average molecular weight is 621 g/mol. The zero-order chi connectivity index (χ0) is 32.1. The van der Waals surface area contributed by atoms with Gasteiger partial charge in [-0.1, -0.05) is 43.7 Å². The number of fused-ring (bicyclic) bond motifs is 1. The van der Waals surface area contributed by atoms with Gasteiger partial charge in [0.2, 0.25) is 18.4 Å². The number of ether oxygens (including phenoxy) is 4. The first-order valence-corrected chi connectivity index (χ1v) is 15.4. The molecule has 0 unspecified atom stereocenters. The summed E-state index contributed by atoms with van der Waals surface area (Å²) in [5, 5.41) is 13.7. The van der Waals surface area contributed by atoms with E-state index in [4.69, 9.17) is 18.9 Å². The van der Waals surface area contributed by atoms with Crippen molar-refractivity contribution in [3.8, 4) is 17.2 Å². The minimum absolute atomic E-state index is 0.0223. The molecule has 5 rings (SSSR count). The maximum absolute atomic E-state index is 15.0. The van der Waals surface area contributed by atoms with Crippen LogP contribution in [0.3, 0.4) is 0 Å². The fourth-order valence-electron chi connectivity index (χ4n) is 6.51. The summed E-state index contributed by atoms with van der Waals surface area (Å²) in [4.78, 5) is 28.5. The summed E-state index contributed by atoms with van der Waals surface area (Å²) in [6, 6.07) is 13.8. The lowest BCUT2D eigenvalue weighted by Crippen LogP contribution is -2.35. The summed E-state index contributed by atoms with van der Waals surface area (Å²) in [5.41, 5.74) is 5.26. The number of halogens is 1.